The van der Waals surface area contributed by atoms with Crippen LogP contribution in [0.5, 0.6) is 0 Å². The lowest BCUT2D eigenvalue weighted by atomic mass is 10.1. The van der Waals surface area contributed by atoms with Gasteiger partial charge < -0.3 is 10.6 Å². The zero-order chi connectivity index (χ0) is 14.7. The maximum Gasteiger partial charge on any atom is 0.0897 e. The van der Waals surface area contributed by atoms with Crippen LogP contribution in [0.25, 0.3) is 0 Å². The molecule has 0 spiro atoms. The summed E-state index contributed by atoms with van der Waals surface area (Å²) < 4.78 is 1.90. The molecule has 0 saturated heterocycles. The van der Waals surface area contributed by atoms with E-state index in [2.05, 4.69) is 15.0 Å². The number of nitrogens with zero attached hydrogens (tertiary/aromatic N) is 4. The lowest BCUT2D eigenvalue weighted by molar-refractivity contribution is 0.366. The van der Waals surface area contributed by atoms with E-state index in [-0.39, 0.29) is 6.04 Å². The molecule has 0 radical (unpaired) electrons. The lowest BCUT2D eigenvalue weighted by Gasteiger charge is -2.16. The fraction of sp³-hybridized carbons (Fsp3) is 0.538. The summed E-state index contributed by atoms with van der Waals surface area (Å²) >= 11 is 7.87. The molecule has 7 heteroatoms. The Labute approximate surface area is 128 Å². The van der Waals surface area contributed by atoms with Crippen molar-refractivity contribution in [1.29, 1.82) is 0 Å². The van der Waals surface area contributed by atoms with Gasteiger partial charge in [0, 0.05) is 18.3 Å². The number of aromatic nitrogens is 3. The highest BCUT2D eigenvalue weighted by atomic mass is 35.5. The van der Waals surface area contributed by atoms with Gasteiger partial charge in [0.2, 0.25) is 0 Å². The molecular weight excluding hydrogens is 294 g/mol. The molecule has 5 nitrogen and oxygen atoms in total. The third-order valence-corrected chi connectivity index (χ3v) is 4.15. The standard InChI is InChI=1S/C13H20ClN5S/c1-9-17-10(8-20-9)6-12(15)13-11(14)7-16-19(13)5-4-18(2)3/h7-8,12H,4-6,15H2,1-3H3. The first-order valence-electron chi connectivity index (χ1n) is 6.50. The molecule has 2 heterocycles. The van der Waals surface area contributed by atoms with E-state index in [0.717, 1.165) is 29.5 Å². The Hall–Kier alpha value is -0.950. The summed E-state index contributed by atoms with van der Waals surface area (Å²) in [5.74, 6) is 0. The second-order valence-electron chi connectivity index (χ2n) is 5.07. The molecule has 110 valence electrons. The second kappa shape index (κ2) is 6.67. The summed E-state index contributed by atoms with van der Waals surface area (Å²) in [5, 5.41) is 8.04. The number of halogens is 1. The smallest absolute Gasteiger partial charge is 0.0897 e. The summed E-state index contributed by atoms with van der Waals surface area (Å²) in [7, 11) is 4.06. The van der Waals surface area contributed by atoms with Crippen molar-refractivity contribution in [3.8, 4) is 0 Å². The molecular formula is C13H20ClN5S. The van der Waals surface area contributed by atoms with E-state index in [1.807, 2.05) is 31.1 Å². The van der Waals surface area contributed by atoms with Crippen LogP contribution in [0.1, 0.15) is 22.4 Å². The van der Waals surface area contributed by atoms with Crippen LogP contribution in [0.2, 0.25) is 5.02 Å². The first-order chi connectivity index (χ1) is 9.47. The van der Waals surface area contributed by atoms with E-state index in [0.29, 0.717) is 11.4 Å². The van der Waals surface area contributed by atoms with Gasteiger partial charge in [0.05, 0.1) is 40.2 Å². The Morgan fingerprint density at radius 2 is 2.25 bits per heavy atom. The second-order valence-corrected chi connectivity index (χ2v) is 6.54. The first kappa shape index (κ1) is 15.4. The molecule has 0 aliphatic carbocycles. The molecule has 1 atom stereocenters. The maximum absolute atomic E-state index is 6.29. The van der Waals surface area contributed by atoms with Crippen molar-refractivity contribution in [2.75, 3.05) is 20.6 Å². The quantitative estimate of drug-likeness (QED) is 0.887. The minimum absolute atomic E-state index is 0.186. The Balaban J connectivity index is 2.12. The number of likely N-dealkylation sites (N-methyl/N-ethyl adjacent to an activating group) is 1. The van der Waals surface area contributed by atoms with Gasteiger partial charge >= 0.3 is 0 Å². The molecule has 2 aromatic heterocycles. The van der Waals surface area contributed by atoms with Crippen molar-refractivity contribution in [1.82, 2.24) is 19.7 Å². The van der Waals surface area contributed by atoms with Crippen LogP contribution in [-0.2, 0) is 13.0 Å². The molecule has 0 aromatic carbocycles. The Morgan fingerprint density at radius 3 is 2.85 bits per heavy atom. The zero-order valence-corrected chi connectivity index (χ0v) is 13.6. The average Bonchev–Trinajstić information content (AvgIpc) is 2.93. The fourth-order valence-corrected chi connectivity index (χ4v) is 2.94. The van der Waals surface area contributed by atoms with E-state index in [1.165, 1.54) is 0 Å². The molecule has 0 saturated carbocycles. The van der Waals surface area contributed by atoms with Gasteiger partial charge in [-0.3, -0.25) is 4.68 Å². The van der Waals surface area contributed by atoms with Crippen LogP contribution in [0.15, 0.2) is 11.6 Å². The highest BCUT2D eigenvalue weighted by molar-refractivity contribution is 7.09. The van der Waals surface area contributed by atoms with Gasteiger partial charge in [-0.2, -0.15) is 5.10 Å². The molecule has 0 amide bonds. The SMILES string of the molecule is Cc1nc(CC(N)c2c(Cl)cnn2CCN(C)C)cs1. The van der Waals surface area contributed by atoms with Gasteiger partial charge in [0.15, 0.2) is 0 Å². The topological polar surface area (TPSA) is 60.0 Å². The minimum Gasteiger partial charge on any atom is -0.322 e. The molecule has 0 aliphatic heterocycles. The zero-order valence-electron chi connectivity index (χ0n) is 12.0. The van der Waals surface area contributed by atoms with Crippen LogP contribution >= 0.6 is 22.9 Å². The minimum atomic E-state index is -0.186. The first-order valence-corrected chi connectivity index (χ1v) is 7.75. The van der Waals surface area contributed by atoms with E-state index < -0.39 is 0 Å². The highest BCUT2D eigenvalue weighted by Gasteiger charge is 2.18. The van der Waals surface area contributed by atoms with E-state index in [9.17, 15) is 0 Å². The van der Waals surface area contributed by atoms with Crippen molar-refractivity contribution in [3.63, 3.8) is 0 Å². The number of thiazole rings is 1. The van der Waals surface area contributed by atoms with E-state index in [1.54, 1.807) is 17.5 Å². The summed E-state index contributed by atoms with van der Waals surface area (Å²) in [5.41, 5.74) is 8.19. The summed E-state index contributed by atoms with van der Waals surface area (Å²) in [6.45, 7) is 3.67. The normalized spacial score (nSPS) is 13.1. The maximum atomic E-state index is 6.29. The Bertz CT molecular complexity index is 563. The molecule has 20 heavy (non-hydrogen) atoms. The largest absolute Gasteiger partial charge is 0.322 e. The Morgan fingerprint density at radius 1 is 1.50 bits per heavy atom. The van der Waals surface area contributed by atoms with Crippen molar-refractivity contribution in [3.05, 3.63) is 33.0 Å². The van der Waals surface area contributed by atoms with Crippen molar-refractivity contribution < 1.29 is 0 Å². The van der Waals surface area contributed by atoms with Gasteiger partial charge in [0.25, 0.3) is 0 Å². The van der Waals surface area contributed by atoms with Crippen LogP contribution < -0.4 is 5.73 Å². The van der Waals surface area contributed by atoms with Crippen LogP contribution in [-0.4, -0.2) is 40.3 Å². The number of aryl methyl sites for hydroxylation is 1. The summed E-state index contributed by atoms with van der Waals surface area (Å²) in [4.78, 5) is 6.56. The molecule has 0 bridgehead atoms. The monoisotopic (exact) mass is 313 g/mol. The van der Waals surface area contributed by atoms with E-state index >= 15 is 0 Å². The number of rotatable bonds is 6. The number of nitrogens with two attached hydrogens (primary N) is 1. The van der Waals surface area contributed by atoms with Crippen molar-refractivity contribution in [2.45, 2.75) is 25.9 Å². The van der Waals surface area contributed by atoms with Crippen LogP contribution in [0, 0.1) is 6.92 Å². The summed E-state index contributed by atoms with van der Waals surface area (Å²) in [6.07, 6.45) is 2.34. The molecule has 2 aromatic rings. The summed E-state index contributed by atoms with van der Waals surface area (Å²) in [6, 6.07) is -0.186. The molecule has 2 rings (SSSR count). The average molecular weight is 314 g/mol. The van der Waals surface area contributed by atoms with Gasteiger partial charge in [-0.25, -0.2) is 4.98 Å². The number of hydrogen-bond donors (Lipinski definition) is 1. The van der Waals surface area contributed by atoms with Crippen LogP contribution in [0.3, 0.4) is 0 Å². The third kappa shape index (κ3) is 3.79. The van der Waals surface area contributed by atoms with E-state index in [4.69, 9.17) is 17.3 Å². The van der Waals surface area contributed by atoms with Gasteiger partial charge in [-0.1, -0.05) is 11.6 Å². The molecule has 1 unspecified atom stereocenters. The Kier molecular flexibility index (Phi) is 5.15. The molecule has 0 fully saturated rings. The van der Waals surface area contributed by atoms with Gasteiger partial charge in [-0.05, 0) is 21.0 Å². The predicted octanol–water partition coefficient (Wildman–Crippen LogP) is 2.11. The van der Waals surface area contributed by atoms with Crippen molar-refractivity contribution in [2.24, 2.45) is 5.73 Å². The van der Waals surface area contributed by atoms with Gasteiger partial charge in [0.1, 0.15) is 0 Å². The highest BCUT2D eigenvalue weighted by Crippen LogP contribution is 2.24. The third-order valence-electron chi connectivity index (χ3n) is 3.04. The predicted molar refractivity (Wildman–Crippen MR) is 83.3 cm³/mol. The van der Waals surface area contributed by atoms with Crippen molar-refractivity contribution >= 4 is 22.9 Å². The fourth-order valence-electron chi connectivity index (χ4n) is 2.04. The number of hydrogen-bond acceptors (Lipinski definition) is 5. The molecule has 2 N–H and O–H groups in total. The molecule has 0 aliphatic rings. The van der Waals surface area contributed by atoms with Gasteiger partial charge in [-0.15, -0.1) is 11.3 Å². The van der Waals surface area contributed by atoms with Crippen LogP contribution in [0.4, 0.5) is 0 Å². The lowest BCUT2D eigenvalue weighted by Crippen LogP contribution is -2.24.